The van der Waals surface area contributed by atoms with Gasteiger partial charge in [-0.05, 0) is 66.2 Å². The second-order valence-corrected chi connectivity index (χ2v) is 7.31. The summed E-state index contributed by atoms with van der Waals surface area (Å²) < 4.78 is 25.7. The number of carbonyl (C=O) groups is 1. The Morgan fingerprint density at radius 3 is 2.08 bits per heavy atom. The summed E-state index contributed by atoms with van der Waals surface area (Å²) in [5.74, 6) is 0.299. The Balaban J connectivity index is 0.00000109. The maximum Gasteiger partial charge on any atom is 0.338 e. The SMILES string of the molecule is CC.CC.COC(=O)c1cccc2c1c(CC(O)CO)cn2-c1ccc(Oc2ccc(F)cc2)cc1. The molecule has 4 rings (SSSR count). The van der Waals surface area contributed by atoms with Gasteiger partial charge in [-0.25, -0.2) is 9.18 Å². The highest BCUT2D eigenvalue weighted by molar-refractivity contribution is 6.05. The number of carbonyl (C=O) groups excluding carboxylic acids is 1. The third-order valence-corrected chi connectivity index (χ3v) is 5.14. The molecule has 0 bridgehead atoms. The van der Waals surface area contributed by atoms with E-state index >= 15 is 0 Å². The van der Waals surface area contributed by atoms with E-state index in [0.717, 1.165) is 11.2 Å². The summed E-state index contributed by atoms with van der Waals surface area (Å²) in [6.07, 6.45) is 1.07. The molecule has 0 aliphatic carbocycles. The van der Waals surface area contributed by atoms with E-state index in [0.29, 0.717) is 28.0 Å². The molecule has 2 N–H and O–H groups in total. The molecule has 4 aromatic rings. The molecule has 0 fully saturated rings. The summed E-state index contributed by atoms with van der Waals surface area (Å²) in [5, 5.41) is 20.0. The van der Waals surface area contributed by atoms with Gasteiger partial charge in [0.25, 0.3) is 0 Å². The number of fused-ring (bicyclic) bond motifs is 1. The van der Waals surface area contributed by atoms with E-state index in [2.05, 4.69) is 0 Å². The molecule has 1 atom stereocenters. The summed E-state index contributed by atoms with van der Waals surface area (Å²) in [6, 6.07) is 18.4. The summed E-state index contributed by atoms with van der Waals surface area (Å²) in [7, 11) is 1.32. The van der Waals surface area contributed by atoms with Crippen LogP contribution in [0.3, 0.4) is 0 Å². The van der Waals surface area contributed by atoms with Crippen LogP contribution in [0.1, 0.15) is 43.6 Å². The van der Waals surface area contributed by atoms with Gasteiger partial charge in [0.2, 0.25) is 0 Å². The van der Waals surface area contributed by atoms with E-state index in [1.165, 1.54) is 19.2 Å². The zero-order valence-electron chi connectivity index (χ0n) is 21.4. The second kappa shape index (κ2) is 14.0. The zero-order valence-corrected chi connectivity index (χ0v) is 21.4. The highest BCUT2D eigenvalue weighted by Crippen LogP contribution is 2.31. The number of nitrogens with zero attached hydrogens (tertiary/aromatic N) is 1. The van der Waals surface area contributed by atoms with Crippen LogP contribution in [0.4, 0.5) is 4.39 Å². The summed E-state index contributed by atoms with van der Waals surface area (Å²) >= 11 is 0. The molecule has 3 aromatic carbocycles. The highest BCUT2D eigenvalue weighted by Gasteiger charge is 2.19. The fraction of sp³-hybridized carbons (Fsp3) is 0.276. The topological polar surface area (TPSA) is 80.9 Å². The Labute approximate surface area is 211 Å². The van der Waals surface area contributed by atoms with Gasteiger partial charge in [-0.1, -0.05) is 33.8 Å². The van der Waals surface area contributed by atoms with Gasteiger partial charge >= 0.3 is 5.97 Å². The molecule has 192 valence electrons. The number of benzene rings is 3. The molecule has 0 spiro atoms. The molecule has 7 heteroatoms. The van der Waals surface area contributed by atoms with E-state index in [1.807, 2.05) is 56.7 Å². The fourth-order valence-corrected chi connectivity index (χ4v) is 3.65. The molecule has 1 unspecified atom stereocenters. The minimum Gasteiger partial charge on any atom is -0.465 e. The van der Waals surface area contributed by atoms with Gasteiger partial charge in [0.1, 0.15) is 17.3 Å². The first-order valence-corrected chi connectivity index (χ1v) is 12.0. The van der Waals surface area contributed by atoms with Crippen molar-refractivity contribution in [3.63, 3.8) is 0 Å². The molecule has 0 amide bonds. The van der Waals surface area contributed by atoms with Gasteiger partial charge in [-0.3, -0.25) is 0 Å². The number of esters is 1. The lowest BCUT2D eigenvalue weighted by atomic mass is 10.0. The number of methoxy groups -OCH3 is 1. The predicted molar refractivity (Wildman–Crippen MR) is 141 cm³/mol. The Hall–Kier alpha value is -3.68. The number of ether oxygens (including phenoxy) is 2. The second-order valence-electron chi connectivity index (χ2n) is 7.31. The Morgan fingerprint density at radius 1 is 0.944 bits per heavy atom. The lowest BCUT2D eigenvalue weighted by Gasteiger charge is -2.09. The number of halogens is 1. The first kappa shape index (κ1) is 28.6. The minimum absolute atomic E-state index is 0.180. The number of hydrogen-bond donors (Lipinski definition) is 2. The van der Waals surface area contributed by atoms with Gasteiger partial charge < -0.3 is 24.3 Å². The van der Waals surface area contributed by atoms with E-state index in [1.54, 1.807) is 36.4 Å². The zero-order chi connectivity index (χ0) is 26.7. The first-order valence-electron chi connectivity index (χ1n) is 12.0. The lowest BCUT2D eigenvalue weighted by molar-refractivity contribution is 0.0602. The van der Waals surface area contributed by atoms with Crippen LogP contribution in [0.25, 0.3) is 16.6 Å². The molecule has 1 aromatic heterocycles. The third kappa shape index (κ3) is 6.71. The summed E-state index contributed by atoms with van der Waals surface area (Å²) in [4.78, 5) is 12.3. The van der Waals surface area contributed by atoms with Gasteiger partial charge in [0, 0.05) is 23.7 Å². The molecule has 0 aliphatic heterocycles. The van der Waals surface area contributed by atoms with Crippen LogP contribution in [-0.4, -0.2) is 40.6 Å². The van der Waals surface area contributed by atoms with E-state index in [4.69, 9.17) is 9.47 Å². The lowest BCUT2D eigenvalue weighted by Crippen LogP contribution is -2.15. The van der Waals surface area contributed by atoms with Crippen molar-refractivity contribution in [2.45, 2.75) is 40.2 Å². The van der Waals surface area contributed by atoms with Crippen molar-refractivity contribution in [1.29, 1.82) is 0 Å². The van der Waals surface area contributed by atoms with Crippen LogP contribution in [0, 0.1) is 5.82 Å². The van der Waals surface area contributed by atoms with Crippen LogP contribution in [0.15, 0.2) is 72.9 Å². The average Bonchev–Trinajstić information content (AvgIpc) is 3.30. The summed E-state index contributed by atoms with van der Waals surface area (Å²) in [6.45, 7) is 7.61. The third-order valence-electron chi connectivity index (χ3n) is 5.14. The maximum atomic E-state index is 13.1. The maximum absolute atomic E-state index is 13.1. The molecule has 1 heterocycles. The van der Waals surface area contributed by atoms with Gasteiger partial charge in [-0.15, -0.1) is 0 Å². The highest BCUT2D eigenvalue weighted by atomic mass is 19.1. The number of rotatable bonds is 7. The van der Waals surface area contributed by atoms with Crippen LogP contribution < -0.4 is 4.74 Å². The Kier molecular flexibility index (Phi) is 11.1. The van der Waals surface area contributed by atoms with Gasteiger partial charge in [0.05, 0.1) is 30.9 Å². The number of aromatic nitrogens is 1. The molecule has 36 heavy (non-hydrogen) atoms. The Bertz CT molecular complexity index is 1230. The van der Waals surface area contributed by atoms with Gasteiger partial charge in [-0.2, -0.15) is 0 Å². The quantitative estimate of drug-likeness (QED) is 0.294. The first-order chi connectivity index (χ1) is 17.5. The molecular weight excluding hydrogens is 461 g/mol. The molecular formula is C29H34FNO5. The van der Waals surface area contributed by atoms with Crippen LogP contribution in [-0.2, 0) is 11.2 Å². The minimum atomic E-state index is -0.953. The van der Waals surface area contributed by atoms with Crippen molar-refractivity contribution >= 4 is 16.9 Å². The fourth-order valence-electron chi connectivity index (χ4n) is 3.65. The van der Waals surface area contributed by atoms with E-state index in [9.17, 15) is 19.4 Å². The normalized spacial score (nSPS) is 11.0. The van der Waals surface area contributed by atoms with Crippen LogP contribution in [0.5, 0.6) is 11.5 Å². The van der Waals surface area contributed by atoms with Crippen molar-refractivity contribution in [1.82, 2.24) is 4.57 Å². The van der Waals surface area contributed by atoms with Crippen molar-refractivity contribution in [2.24, 2.45) is 0 Å². The van der Waals surface area contributed by atoms with Crippen LogP contribution in [0.2, 0.25) is 0 Å². The van der Waals surface area contributed by atoms with E-state index < -0.39 is 12.1 Å². The molecule has 0 radical (unpaired) electrons. The van der Waals surface area contributed by atoms with Gasteiger partial charge in [0.15, 0.2) is 0 Å². The van der Waals surface area contributed by atoms with E-state index in [-0.39, 0.29) is 18.8 Å². The predicted octanol–water partition coefficient (Wildman–Crippen LogP) is 6.30. The standard InChI is InChI=1S/C25H22FNO5.2C2H6/c1-31-25(30)22-3-2-4-23-24(22)16(13-19(29)15-28)14-27(23)18-7-11-21(12-8-18)32-20-9-5-17(26)6-10-20;2*1-2/h2-12,14,19,28-29H,13,15H2,1H3;2*1-2H3. The number of aliphatic hydroxyl groups is 2. The average molecular weight is 496 g/mol. The number of aliphatic hydroxyl groups excluding tert-OH is 2. The number of hydrogen-bond acceptors (Lipinski definition) is 5. The molecule has 0 saturated heterocycles. The van der Waals surface area contributed by atoms with Crippen LogP contribution >= 0.6 is 0 Å². The molecule has 0 saturated carbocycles. The largest absolute Gasteiger partial charge is 0.465 e. The van der Waals surface area contributed by atoms with Crippen molar-refractivity contribution in [3.05, 3.63) is 89.9 Å². The molecule has 6 nitrogen and oxygen atoms in total. The molecule has 0 aliphatic rings. The van der Waals surface area contributed by atoms with Crippen molar-refractivity contribution in [2.75, 3.05) is 13.7 Å². The van der Waals surface area contributed by atoms with Crippen molar-refractivity contribution in [3.8, 4) is 17.2 Å². The summed E-state index contributed by atoms with van der Waals surface area (Å²) in [5.41, 5.74) is 2.68. The smallest absolute Gasteiger partial charge is 0.338 e. The monoisotopic (exact) mass is 495 g/mol. The Morgan fingerprint density at radius 2 is 1.53 bits per heavy atom. The van der Waals surface area contributed by atoms with Crippen molar-refractivity contribution < 1.29 is 28.9 Å².